The first-order valence-electron chi connectivity index (χ1n) is 9.15. The lowest BCUT2D eigenvalue weighted by Crippen LogP contribution is -2.55. The highest BCUT2D eigenvalue weighted by Crippen LogP contribution is 2.24. The molecule has 27 heavy (non-hydrogen) atoms. The Bertz CT molecular complexity index is 649. The molecule has 2 heterocycles. The largest absolute Gasteiger partial charge is 0.378 e. The molecule has 0 spiro atoms. The third kappa shape index (κ3) is 6.03. The lowest BCUT2D eigenvalue weighted by Gasteiger charge is -2.38. The molecule has 8 nitrogen and oxygen atoms in total. The molecular weight excluding hydrogens is 386 g/mol. The summed E-state index contributed by atoms with van der Waals surface area (Å²) in [6, 6.07) is -0.810. The maximum Gasteiger partial charge on any atom is 0.320 e. The van der Waals surface area contributed by atoms with Crippen molar-refractivity contribution in [2.45, 2.75) is 46.1 Å². The zero-order valence-electron chi connectivity index (χ0n) is 16.2. The highest BCUT2D eigenvalue weighted by atomic mass is 32.2. The highest BCUT2D eigenvalue weighted by molar-refractivity contribution is 8.26. The van der Waals surface area contributed by atoms with Crippen molar-refractivity contribution in [1.82, 2.24) is 9.80 Å². The average molecular weight is 416 g/mol. The van der Waals surface area contributed by atoms with Gasteiger partial charge >= 0.3 is 6.03 Å². The number of nitrogens with zero attached hydrogens (tertiary/aromatic N) is 3. The van der Waals surface area contributed by atoms with Crippen LogP contribution in [0.25, 0.3) is 0 Å². The minimum Gasteiger partial charge on any atom is -0.378 e. The van der Waals surface area contributed by atoms with Crippen molar-refractivity contribution < 1.29 is 13.8 Å². The van der Waals surface area contributed by atoms with Gasteiger partial charge in [-0.2, -0.15) is 4.99 Å². The minimum absolute atomic E-state index is 0.0336. The molecule has 2 aliphatic rings. The molecule has 1 atom stereocenters. The van der Waals surface area contributed by atoms with E-state index < -0.39 is 22.7 Å². The summed E-state index contributed by atoms with van der Waals surface area (Å²) in [5.74, 6) is 0.527. The number of hydrogen-bond acceptors (Lipinski definition) is 5. The second-order valence-corrected chi connectivity index (χ2v) is 10.5. The van der Waals surface area contributed by atoms with Crippen LogP contribution in [0.4, 0.5) is 4.79 Å². The van der Waals surface area contributed by atoms with Crippen LogP contribution in [0, 0.1) is 10.8 Å². The van der Waals surface area contributed by atoms with Crippen molar-refractivity contribution in [2.75, 3.05) is 31.1 Å². The fraction of sp³-hybridized carbons (Fsp3) is 0.765. The standard InChI is InChI=1S/C17H29N5O3S2/c1-17(2,3)14(18)26-15(19)20-13(23)12-6-4-5-7-22(12)16(24)21-8-10-27(25)11-9-21/h12,18H,4-11H2,1-3H3,(H2,19,20,23). The first kappa shape index (κ1) is 21.9. The number of rotatable bonds is 1. The molecule has 0 saturated carbocycles. The number of piperidine rings is 1. The van der Waals surface area contributed by atoms with Gasteiger partial charge < -0.3 is 15.5 Å². The first-order chi connectivity index (χ1) is 12.6. The summed E-state index contributed by atoms with van der Waals surface area (Å²) in [5, 5.41) is 8.37. The van der Waals surface area contributed by atoms with Gasteiger partial charge in [-0.25, -0.2) is 4.79 Å². The molecule has 0 aromatic carbocycles. The number of urea groups is 1. The molecule has 0 aliphatic carbocycles. The Hall–Kier alpha value is -1.42. The van der Waals surface area contributed by atoms with Gasteiger partial charge in [-0.15, -0.1) is 0 Å². The predicted molar refractivity (Wildman–Crippen MR) is 111 cm³/mol. The normalized spacial score (nSPS) is 22.6. The second kappa shape index (κ2) is 9.18. The number of aliphatic imine (C=N–C) groups is 1. The summed E-state index contributed by atoms with van der Waals surface area (Å²) >= 11 is 0.979. The minimum atomic E-state index is -0.862. The summed E-state index contributed by atoms with van der Waals surface area (Å²) in [6.45, 7) is 7.09. The van der Waals surface area contributed by atoms with E-state index in [2.05, 4.69) is 4.99 Å². The summed E-state index contributed by atoms with van der Waals surface area (Å²) in [7, 11) is -0.862. The molecule has 3 N–H and O–H groups in total. The number of likely N-dealkylation sites (tertiary alicyclic amines) is 1. The van der Waals surface area contributed by atoms with Gasteiger partial charge in [0.1, 0.15) is 6.04 Å². The van der Waals surface area contributed by atoms with Crippen LogP contribution in [0.2, 0.25) is 0 Å². The molecule has 10 heteroatoms. The molecule has 1 unspecified atom stereocenters. The molecule has 2 saturated heterocycles. The monoisotopic (exact) mass is 415 g/mol. The van der Waals surface area contributed by atoms with Crippen molar-refractivity contribution >= 4 is 44.7 Å². The third-order valence-corrected chi connectivity index (χ3v) is 6.98. The van der Waals surface area contributed by atoms with E-state index in [1.165, 1.54) is 0 Å². The molecule has 0 radical (unpaired) electrons. The van der Waals surface area contributed by atoms with Gasteiger partial charge in [-0.3, -0.25) is 14.4 Å². The number of carbonyl (C=O) groups is 2. The zero-order valence-corrected chi connectivity index (χ0v) is 17.8. The number of amides is 3. The van der Waals surface area contributed by atoms with Crippen molar-refractivity contribution in [3.05, 3.63) is 0 Å². The van der Waals surface area contributed by atoms with E-state index in [0.717, 1.165) is 24.6 Å². The van der Waals surface area contributed by atoms with Gasteiger partial charge in [0.25, 0.3) is 5.91 Å². The molecule has 2 aliphatic heterocycles. The number of amidine groups is 1. The van der Waals surface area contributed by atoms with Crippen LogP contribution >= 0.6 is 11.8 Å². The van der Waals surface area contributed by atoms with E-state index in [0.29, 0.717) is 42.6 Å². The van der Waals surface area contributed by atoms with Gasteiger partial charge in [-0.05, 0) is 31.0 Å². The van der Waals surface area contributed by atoms with E-state index in [1.807, 2.05) is 20.8 Å². The first-order valence-corrected chi connectivity index (χ1v) is 11.5. The molecule has 0 aromatic heterocycles. The Labute approximate surface area is 167 Å². The Morgan fingerprint density at radius 1 is 1.19 bits per heavy atom. The van der Waals surface area contributed by atoms with E-state index in [4.69, 9.17) is 11.1 Å². The number of thioether (sulfide) groups is 1. The van der Waals surface area contributed by atoms with Gasteiger partial charge in [0.2, 0.25) is 0 Å². The number of nitrogens with two attached hydrogens (primary N) is 1. The molecule has 3 amide bonds. The van der Waals surface area contributed by atoms with Crippen LogP contribution in [0.15, 0.2) is 4.99 Å². The van der Waals surface area contributed by atoms with Gasteiger partial charge in [0, 0.05) is 47.4 Å². The van der Waals surface area contributed by atoms with Crippen molar-refractivity contribution in [2.24, 2.45) is 16.1 Å². The smallest absolute Gasteiger partial charge is 0.320 e. The van der Waals surface area contributed by atoms with Crippen LogP contribution in [0.1, 0.15) is 40.0 Å². The molecule has 0 bridgehead atoms. The molecule has 2 rings (SSSR count). The fourth-order valence-corrected chi connectivity index (χ4v) is 4.59. The third-order valence-electron chi connectivity index (χ3n) is 4.59. The Morgan fingerprint density at radius 3 is 2.41 bits per heavy atom. The van der Waals surface area contributed by atoms with Crippen LogP contribution in [-0.4, -0.2) is 73.3 Å². The molecule has 152 valence electrons. The molecule has 2 fully saturated rings. The Kier molecular flexibility index (Phi) is 7.44. The highest BCUT2D eigenvalue weighted by Gasteiger charge is 2.35. The van der Waals surface area contributed by atoms with Crippen LogP contribution in [-0.2, 0) is 15.6 Å². The second-order valence-electron chi connectivity index (χ2n) is 7.79. The van der Waals surface area contributed by atoms with Crippen molar-refractivity contribution in [1.29, 1.82) is 5.41 Å². The van der Waals surface area contributed by atoms with Crippen LogP contribution < -0.4 is 5.73 Å². The van der Waals surface area contributed by atoms with E-state index in [-0.39, 0.29) is 16.6 Å². The maximum absolute atomic E-state index is 12.9. The maximum atomic E-state index is 12.9. The number of carbonyl (C=O) groups excluding carboxylic acids is 2. The molecular formula is C17H29N5O3S2. The number of nitrogens with one attached hydrogen (secondary N) is 1. The van der Waals surface area contributed by atoms with Gasteiger partial charge in [0.15, 0.2) is 5.17 Å². The van der Waals surface area contributed by atoms with Gasteiger partial charge in [-0.1, -0.05) is 20.8 Å². The quantitative estimate of drug-likeness (QED) is 0.498. The summed E-state index contributed by atoms with van der Waals surface area (Å²) in [5.41, 5.74) is 5.50. The van der Waals surface area contributed by atoms with E-state index in [1.54, 1.807) is 9.80 Å². The van der Waals surface area contributed by atoms with Crippen LogP contribution in [0.3, 0.4) is 0 Å². The SMILES string of the molecule is CC(C)(C)C(=N)SC(N)=NC(=O)C1CCCCN1C(=O)N1CCS(=O)CC1. The fourth-order valence-electron chi connectivity index (χ4n) is 2.89. The van der Waals surface area contributed by atoms with Crippen molar-refractivity contribution in [3.63, 3.8) is 0 Å². The summed E-state index contributed by atoms with van der Waals surface area (Å²) in [6.07, 6.45) is 2.25. The van der Waals surface area contributed by atoms with E-state index >= 15 is 0 Å². The Balaban J connectivity index is 2.06. The molecule has 0 aromatic rings. The van der Waals surface area contributed by atoms with Crippen LogP contribution in [0.5, 0.6) is 0 Å². The Morgan fingerprint density at radius 2 is 1.81 bits per heavy atom. The predicted octanol–water partition coefficient (Wildman–Crippen LogP) is 1.62. The average Bonchev–Trinajstić information content (AvgIpc) is 2.60. The lowest BCUT2D eigenvalue weighted by atomic mass is 9.99. The topological polar surface area (TPSA) is 120 Å². The zero-order chi connectivity index (χ0) is 20.2. The summed E-state index contributed by atoms with van der Waals surface area (Å²) in [4.78, 5) is 32.7. The summed E-state index contributed by atoms with van der Waals surface area (Å²) < 4.78 is 11.5. The van der Waals surface area contributed by atoms with E-state index in [9.17, 15) is 13.8 Å². The lowest BCUT2D eigenvalue weighted by molar-refractivity contribution is -0.123. The van der Waals surface area contributed by atoms with Gasteiger partial charge in [0.05, 0.1) is 5.04 Å². The van der Waals surface area contributed by atoms with Crippen molar-refractivity contribution in [3.8, 4) is 0 Å². The number of hydrogen-bond donors (Lipinski definition) is 2.